The predicted molar refractivity (Wildman–Crippen MR) is 84.4 cm³/mol. The maximum atomic E-state index is 9.41. The van der Waals surface area contributed by atoms with Crippen molar-refractivity contribution >= 4 is 5.69 Å². The zero-order valence-electron chi connectivity index (χ0n) is 12.9. The molecule has 0 atom stereocenters. The van der Waals surface area contributed by atoms with Gasteiger partial charge in [-0.2, -0.15) is 5.26 Å². The lowest BCUT2D eigenvalue weighted by Crippen LogP contribution is -2.44. The van der Waals surface area contributed by atoms with E-state index in [1.807, 2.05) is 6.07 Å². The molecule has 0 aromatic heterocycles. The Morgan fingerprint density at radius 3 is 2.71 bits per heavy atom. The van der Waals surface area contributed by atoms with E-state index in [0.717, 1.165) is 56.1 Å². The Balaban J connectivity index is 2.01. The summed E-state index contributed by atoms with van der Waals surface area (Å²) in [5, 5.41) is 12.7. The second-order valence-corrected chi connectivity index (χ2v) is 5.42. The van der Waals surface area contributed by atoms with Crippen LogP contribution in [0.2, 0.25) is 0 Å². The van der Waals surface area contributed by atoms with Crippen molar-refractivity contribution in [3.05, 3.63) is 29.3 Å². The summed E-state index contributed by atoms with van der Waals surface area (Å²) in [6, 6.07) is 8.52. The van der Waals surface area contributed by atoms with Gasteiger partial charge in [-0.15, -0.1) is 0 Å². The first-order valence-electron chi connectivity index (χ1n) is 7.40. The van der Waals surface area contributed by atoms with Gasteiger partial charge in [-0.05, 0) is 24.7 Å². The second-order valence-electron chi connectivity index (χ2n) is 5.42. The van der Waals surface area contributed by atoms with Gasteiger partial charge < -0.3 is 19.9 Å². The van der Waals surface area contributed by atoms with E-state index in [0.29, 0.717) is 6.61 Å². The van der Waals surface area contributed by atoms with Gasteiger partial charge in [-0.3, -0.25) is 0 Å². The van der Waals surface area contributed by atoms with Crippen LogP contribution in [0.1, 0.15) is 11.1 Å². The van der Waals surface area contributed by atoms with Crippen LogP contribution in [-0.2, 0) is 11.3 Å². The third-order valence-electron chi connectivity index (χ3n) is 3.84. The number of methoxy groups -OCH3 is 1. The SMILES string of the molecule is COCCNCc1ccc(N2CCN(C)CC2)c(C#N)c1. The molecule has 1 saturated heterocycles. The number of piperazine rings is 1. The highest BCUT2D eigenvalue weighted by Gasteiger charge is 2.17. The number of likely N-dealkylation sites (N-methyl/N-ethyl adjacent to an activating group) is 1. The maximum Gasteiger partial charge on any atom is 0.101 e. The molecule has 1 N–H and O–H groups in total. The quantitative estimate of drug-likeness (QED) is 0.793. The fourth-order valence-electron chi connectivity index (χ4n) is 2.51. The molecular weight excluding hydrogens is 264 g/mol. The molecule has 0 aliphatic carbocycles. The lowest BCUT2D eigenvalue weighted by molar-refractivity contribution is 0.199. The Kier molecular flexibility index (Phi) is 6.00. The summed E-state index contributed by atoms with van der Waals surface area (Å²) in [7, 11) is 3.83. The molecule has 0 unspecified atom stereocenters. The van der Waals surface area contributed by atoms with Crippen molar-refractivity contribution in [2.45, 2.75) is 6.54 Å². The largest absolute Gasteiger partial charge is 0.383 e. The van der Waals surface area contributed by atoms with Gasteiger partial charge in [0, 0.05) is 46.4 Å². The summed E-state index contributed by atoms with van der Waals surface area (Å²) in [6.07, 6.45) is 0. The Bertz CT molecular complexity index is 490. The highest BCUT2D eigenvalue weighted by molar-refractivity contribution is 5.60. The van der Waals surface area contributed by atoms with Gasteiger partial charge in [-0.25, -0.2) is 0 Å². The minimum atomic E-state index is 0.699. The first-order valence-corrected chi connectivity index (χ1v) is 7.40. The maximum absolute atomic E-state index is 9.41. The molecule has 0 saturated carbocycles. The van der Waals surface area contributed by atoms with Gasteiger partial charge in [-0.1, -0.05) is 6.07 Å². The van der Waals surface area contributed by atoms with Crippen molar-refractivity contribution in [2.75, 3.05) is 58.4 Å². The van der Waals surface area contributed by atoms with Crippen LogP contribution < -0.4 is 10.2 Å². The van der Waals surface area contributed by atoms with E-state index < -0.39 is 0 Å². The Morgan fingerprint density at radius 2 is 2.05 bits per heavy atom. The average Bonchev–Trinajstić information content (AvgIpc) is 2.52. The van der Waals surface area contributed by atoms with Crippen molar-refractivity contribution in [3.63, 3.8) is 0 Å². The van der Waals surface area contributed by atoms with Crippen LogP contribution in [0.3, 0.4) is 0 Å². The highest BCUT2D eigenvalue weighted by Crippen LogP contribution is 2.22. The van der Waals surface area contributed by atoms with E-state index in [2.05, 4.69) is 40.4 Å². The molecule has 2 rings (SSSR count). The first kappa shape index (κ1) is 15.8. The van der Waals surface area contributed by atoms with Crippen LogP contribution in [0.15, 0.2) is 18.2 Å². The fourth-order valence-corrected chi connectivity index (χ4v) is 2.51. The molecule has 0 amide bonds. The molecule has 0 radical (unpaired) electrons. The van der Waals surface area contributed by atoms with Crippen molar-refractivity contribution in [3.8, 4) is 6.07 Å². The van der Waals surface area contributed by atoms with Gasteiger partial charge in [0.1, 0.15) is 6.07 Å². The molecular formula is C16H24N4O. The minimum absolute atomic E-state index is 0.699. The summed E-state index contributed by atoms with van der Waals surface area (Å²) in [6.45, 7) is 6.34. The Labute approximate surface area is 127 Å². The van der Waals surface area contributed by atoms with Crippen LogP contribution in [-0.4, -0.2) is 58.4 Å². The number of nitrogens with one attached hydrogen (secondary N) is 1. The zero-order valence-corrected chi connectivity index (χ0v) is 12.9. The zero-order chi connectivity index (χ0) is 15.1. The Morgan fingerprint density at radius 1 is 1.29 bits per heavy atom. The Hall–Kier alpha value is -1.61. The van der Waals surface area contributed by atoms with Gasteiger partial charge in [0.25, 0.3) is 0 Å². The number of rotatable bonds is 6. The predicted octanol–water partition coefficient (Wildman–Crippen LogP) is 1.05. The standard InChI is InChI=1S/C16H24N4O/c1-19-6-8-20(9-7-19)16-4-3-14(11-15(16)12-17)13-18-5-10-21-2/h3-4,11,18H,5-10,13H2,1-2H3. The average molecular weight is 288 g/mol. The number of hydrogen-bond donors (Lipinski definition) is 1. The summed E-state index contributed by atoms with van der Waals surface area (Å²) >= 11 is 0. The third-order valence-corrected chi connectivity index (χ3v) is 3.84. The molecule has 1 heterocycles. The van der Waals surface area contributed by atoms with Crippen LogP contribution in [0.25, 0.3) is 0 Å². The lowest BCUT2D eigenvalue weighted by Gasteiger charge is -2.34. The molecule has 114 valence electrons. The van der Waals surface area contributed by atoms with E-state index in [1.54, 1.807) is 7.11 Å². The second kappa shape index (κ2) is 7.99. The van der Waals surface area contributed by atoms with Gasteiger partial charge in [0.2, 0.25) is 0 Å². The van der Waals surface area contributed by atoms with Gasteiger partial charge >= 0.3 is 0 Å². The van der Waals surface area contributed by atoms with E-state index in [1.165, 1.54) is 0 Å². The minimum Gasteiger partial charge on any atom is -0.383 e. The normalized spacial score (nSPS) is 16.0. The van der Waals surface area contributed by atoms with Gasteiger partial charge in [0.15, 0.2) is 0 Å². The molecule has 1 aliphatic rings. The van der Waals surface area contributed by atoms with Crippen molar-refractivity contribution < 1.29 is 4.74 Å². The molecule has 1 aromatic rings. The summed E-state index contributed by atoms with van der Waals surface area (Å²) in [4.78, 5) is 4.62. The molecule has 0 spiro atoms. The third kappa shape index (κ3) is 4.43. The van der Waals surface area contributed by atoms with E-state index in [9.17, 15) is 5.26 Å². The topological polar surface area (TPSA) is 51.5 Å². The van der Waals surface area contributed by atoms with Crippen LogP contribution in [0, 0.1) is 11.3 Å². The highest BCUT2D eigenvalue weighted by atomic mass is 16.5. The number of nitrogens with zero attached hydrogens (tertiary/aromatic N) is 3. The number of anilines is 1. The molecule has 0 bridgehead atoms. The van der Waals surface area contributed by atoms with E-state index >= 15 is 0 Å². The first-order chi connectivity index (χ1) is 10.2. The number of hydrogen-bond acceptors (Lipinski definition) is 5. The lowest BCUT2D eigenvalue weighted by atomic mass is 10.1. The fraction of sp³-hybridized carbons (Fsp3) is 0.562. The number of ether oxygens (including phenoxy) is 1. The number of nitriles is 1. The van der Waals surface area contributed by atoms with E-state index in [-0.39, 0.29) is 0 Å². The molecule has 1 aliphatic heterocycles. The van der Waals surface area contributed by atoms with Crippen molar-refractivity contribution in [1.29, 1.82) is 5.26 Å². The molecule has 5 heteroatoms. The van der Waals surface area contributed by atoms with E-state index in [4.69, 9.17) is 4.74 Å². The molecule has 1 fully saturated rings. The molecule has 1 aromatic carbocycles. The van der Waals surface area contributed by atoms with Crippen LogP contribution in [0.5, 0.6) is 0 Å². The summed E-state index contributed by atoms with van der Waals surface area (Å²) in [5.41, 5.74) is 2.97. The molecule has 21 heavy (non-hydrogen) atoms. The van der Waals surface area contributed by atoms with Gasteiger partial charge in [0.05, 0.1) is 17.9 Å². The van der Waals surface area contributed by atoms with Crippen molar-refractivity contribution in [2.24, 2.45) is 0 Å². The summed E-state index contributed by atoms with van der Waals surface area (Å²) in [5.74, 6) is 0. The van der Waals surface area contributed by atoms with Crippen molar-refractivity contribution in [1.82, 2.24) is 10.2 Å². The van der Waals surface area contributed by atoms with Crippen LogP contribution in [0.4, 0.5) is 5.69 Å². The monoisotopic (exact) mass is 288 g/mol. The smallest absolute Gasteiger partial charge is 0.101 e. The van der Waals surface area contributed by atoms with Crippen LogP contribution >= 0.6 is 0 Å². The molecule has 5 nitrogen and oxygen atoms in total. The summed E-state index contributed by atoms with van der Waals surface area (Å²) < 4.78 is 5.01. The number of benzene rings is 1.